The Labute approximate surface area is 180 Å². The number of nitriles is 1. The molecule has 1 aliphatic rings. The summed E-state index contributed by atoms with van der Waals surface area (Å²) in [6.45, 7) is 2.51. The fourth-order valence-electron chi connectivity index (χ4n) is 3.09. The molecule has 1 aliphatic heterocycles. The maximum absolute atomic E-state index is 12.2. The number of hydrogen-bond acceptors (Lipinski definition) is 6. The molecule has 2 aromatic rings. The Morgan fingerprint density at radius 3 is 2.83 bits per heavy atom. The van der Waals surface area contributed by atoms with Gasteiger partial charge in [0, 0.05) is 42.5 Å². The van der Waals surface area contributed by atoms with Gasteiger partial charge in [0.05, 0.1) is 17.0 Å². The van der Waals surface area contributed by atoms with E-state index < -0.39 is 0 Å². The maximum atomic E-state index is 12.2. The first-order valence-electron chi connectivity index (χ1n) is 9.64. The minimum atomic E-state index is -0.242. The summed E-state index contributed by atoms with van der Waals surface area (Å²) in [6.07, 6.45) is 0.912. The molecule has 0 aliphatic carbocycles. The monoisotopic (exact) mass is 426 g/mol. The highest BCUT2D eigenvalue weighted by molar-refractivity contribution is 6.36. The molecule has 2 aromatic carbocycles. The largest absolute Gasteiger partial charge is 0.491 e. The predicted molar refractivity (Wildman–Crippen MR) is 117 cm³/mol. The van der Waals surface area contributed by atoms with E-state index in [2.05, 4.69) is 21.7 Å². The number of rotatable bonds is 9. The average molecular weight is 427 g/mol. The van der Waals surface area contributed by atoms with Crippen LogP contribution in [0.2, 0.25) is 5.02 Å². The van der Waals surface area contributed by atoms with Crippen molar-refractivity contribution in [1.29, 1.82) is 5.26 Å². The summed E-state index contributed by atoms with van der Waals surface area (Å²) in [4.78, 5) is 16.6. The molecular weight excluding hydrogens is 404 g/mol. The van der Waals surface area contributed by atoms with Gasteiger partial charge in [-0.15, -0.1) is 0 Å². The number of nitrogens with one attached hydrogen (secondary N) is 2. The molecule has 3 rings (SSSR count). The van der Waals surface area contributed by atoms with Crippen molar-refractivity contribution in [3.05, 3.63) is 58.1 Å². The number of methoxy groups -OCH3 is 1. The molecule has 0 saturated carbocycles. The van der Waals surface area contributed by atoms with Crippen molar-refractivity contribution in [2.24, 2.45) is 4.99 Å². The number of benzene rings is 2. The van der Waals surface area contributed by atoms with Crippen LogP contribution in [0.1, 0.15) is 23.1 Å². The molecule has 1 amide bonds. The highest BCUT2D eigenvalue weighted by Crippen LogP contribution is 2.32. The van der Waals surface area contributed by atoms with Crippen molar-refractivity contribution < 1.29 is 14.3 Å². The van der Waals surface area contributed by atoms with Crippen molar-refractivity contribution in [2.45, 2.75) is 6.42 Å². The van der Waals surface area contributed by atoms with E-state index in [1.54, 1.807) is 25.3 Å². The van der Waals surface area contributed by atoms with E-state index in [1.165, 1.54) is 0 Å². The van der Waals surface area contributed by atoms with E-state index in [4.69, 9.17) is 21.1 Å². The summed E-state index contributed by atoms with van der Waals surface area (Å²) >= 11 is 6.36. The van der Waals surface area contributed by atoms with Crippen LogP contribution in [0, 0.1) is 11.3 Å². The number of hydrogen-bond donors (Lipinski definition) is 2. The first kappa shape index (κ1) is 21.8. The van der Waals surface area contributed by atoms with Gasteiger partial charge in [0.15, 0.2) is 0 Å². The smallest absolute Gasteiger partial charge is 0.246 e. The number of nitrogens with zero attached hydrogens (tertiary/aromatic N) is 2. The lowest BCUT2D eigenvalue weighted by molar-refractivity contribution is -0.114. The summed E-state index contributed by atoms with van der Waals surface area (Å²) < 4.78 is 10.8. The van der Waals surface area contributed by atoms with Gasteiger partial charge >= 0.3 is 0 Å². The first-order valence-corrected chi connectivity index (χ1v) is 10.0. The summed E-state index contributed by atoms with van der Waals surface area (Å²) in [5, 5.41) is 16.3. The van der Waals surface area contributed by atoms with Gasteiger partial charge in [-0.2, -0.15) is 5.26 Å². The van der Waals surface area contributed by atoms with E-state index in [-0.39, 0.29) is 12.5 Å². The summed E-state index contributed by atoms with van der Waals surface area (Å²) in [5.41, 5.74) is 2.81. The number of benzodiazepines with no additional fused rings is 1. The molecule has 1 heterocycles. The SMILES string of the molecule is COCCCNCCOc1cc2c(cc1C#N)C(c1ccccc1Cl)=NCC(=O)N2. The van der Waals surface area contributed by atoms with Crippen LogP contribution in [0.5, 0.6) is 5.75 Å². The van der Waals surface area contributed by atoms with Crippen LogP contribution in [0.3, 0.4) is 0 Å². The number of carbonyl (C=O) groups is 1. The lowest BCUT2D eigenvalue weighted by Gasteiger charge is -2.15. The molecule has 30 heavy (non-hydrogen) atoms. The van der Waals surface area contributed by atoms with E-state index >= 15 is 0 Å². The highest BCUT2D eigenvalue weighted by atomic mass is 35.5. The first-order chi connectivity index (χ1) is 14.6. The van der Waals surface area contributed by atoms with Crippen molar-refractivity contribution in [2.75, 3.05) is 45.3 Å². The average Bonchev–Trinajstić information content (AvgIpc) is 2.90. The van der Waals surface area contributed by atoms with Crippen molar-refractivity contribution in [3.8, 4) is 11.8 Å². The van der Waals surface area contributed by atoms with Gasteiger partial charge < -0.3 is 20.1 Å². The number of aliphatic imine (C=N–C) groups is 1. The number of ether oxygens (including phenoxy) is 2. The van der Waals surface area contributed by atoms with Crippen LogP contribution in [-0.4, -0.2) is 51.6 Å². The van der Waals surface area contributed by atoms with Gasteiger partial charge in [-0.05, 0) is 25.1 Å². The van der Waals surface area contributed by atoms with Crippen LogP contribution in [0.15, 0.2) is 41.4 Å². The van der Waals surface area contributed by atoms with Crippen molar-refractivity contribution in [3.63, 3.8) is 0 Å². The van der Waals surface area contributed by atoms with Gasteiger partial charge in [0.25, 0.3) is 0 Å². The zero-order valence-electron chi connectivity index (χ0n) is 16.7. The Morgan fingerprint density at radius 2 is 2.07 bits per heavy atom. The molecule has 7 nitrogen and oxygen atoms in total. The second-order valence-corrected chi connectivity index (χ2v) is 7.05. The summed E-state index contributed by atoms with van der Waals surface area (Å²) in [6, 6.07) is 12.8. The second kappa shape index (κ2) is 10.7. The maximum Gasteiger partial charge on any atom is 0.246 e. The van der Waals surface area contributed by atoms with Crippen LogP contribution in [0.4, 0.5) is 5.69 Å². The van der Waals surface area contributed by atoms with Gasteiger partial charge in [0.1, 0.15) is 25.0 Å². The quantitative estimate of drug-likeness (QED) is 0.601. The minimum absolute atomic E-state index is 0.0291. The van der Waals surface area contributed by atoms with E-state index in [0.29, 0.717) is 58.6 Å². The highest BCUT2D eigenvalue weighted by Gasteiger charge is 2.22. The Kier molecular flexibility index (Phi) is 7.80. The van der Waals surface area contributed by atoms with Crippen LogP contribution in [0.25, 0.3) is 0 Å². The molecule has 0 atom stereocenters. The Bertz CT molecular complexity index is 985. The number of fused-ring (bicyclic) bond motifs is 1. The molecule has 0 bridgehead atoms. The molecule has 2 N–H and O–H groups in total. The van der Waals surface area contributed by atoms with E-state index in [9.17, 15) is 10.1 Å². The third kappa shape index (κ3) is 5.36. The third-order valence-corrected chi connectivity index (χ3v) is 4.85. The van der Waals surface area contributed by atoms with E-state index in [1.807, 2.05) is 18.2 Å². The van der Waals surface area contributed by atoms with Crippen molar-refractivity contribution in [1.82, 2.24) is 5.32 Å². The summed E-state index contributed by atoms with van der Waals surface area (Å²) in [5.74, 6) is 0.171. The van der Waals surface area contributed by atoms with Gasteiger partial charge in [0.2, 0.25) is 5.91 Å². The van der Waals surface area contributed by atoms with E-state index in [0.717, 1.165) is 13.0 Å². The standard InChI is InChI=1S/C22H23ClN4O3/c1-29-9-4-7-25-8-10-30-20-12-19-17(11-15(20)13-24)22(26-14-21(28)27-19)16-5-2-3-6-18(16)23/h2-3,5-6,11-12,25H,4,7-10,14H2,1H3,(H,27,28). The lowest BCUT2D eigenvalue weighted by atomic mass is 9.98. The lowest BCUT2D eigenvalue weighted by Crippen LogP contribution is -2.23. The third-order valence-electron chi connectivity index (χ3n) is 4.52. The fraction of sp³-hybridized carbons (Fsp3) is 0.318. The fourth-order valence-corrected chi connectivity index (χ4v) is 3.32. The predicted octanol–water partition coefficient (Wildman–Crippen LogP) is 3.01. The van der Waals surface area contributed by atoms with Crippen LogP contribution >= 0.6 is 11.6 Å². The molecule has 0 aromatic heterocycles. The van der Waals surface area contributed by atoms with Crippen LogP contribution in [-0.2, 0) is 9.53 Å². The number of amides is 1. The topological polar surface area (TPSA) is 95.7 Å². The molecule has 0 saturated heterocycles. The molecule has 0 fully saturated rings. The summed E-state index contributed by atoms with van der Waals surface area (Å²) in [7, 11) is 1.67. The molecule has 156 valence electrons. The number of carbonyl (C=O) groups excluding carboxylic acids is 1. The normalized spacial score (nSPS) is 13.0. The Balaban J connectivity index is 1.83. The van der Waals surface area contributed by atoms with Gasteiger partial charge in [-0.3, -0.25) is 9.79 Å². The number of halogens is 1. The van der Waals surface area contributed by atoms with Gasteiger partial charge in [-0.25, -0.2) is 0 Å². The molecule has 8 heteroatoms. The second-order valence-electron chi connectivity index (χ2n) is 6.64. The molecular formula is C22H23ClN4O3. The molecule has 0 radical (unpaired) electrons. The van der Waals surface area contributed by atoms with Crippen LogP contribution < -0.4 is 15.4 Å². The number of anilines is 1. The molecule has 0 unspecified atom stereocenters. The van der Waals surface area contributed by atoms with Gasteiger partial charge in [-0.1, -0.05) is 29.8 Å². The zero-order valence-corrected chi connectivity index (χ0v) is 17.5. The molecule has 0 spiro atoms. The van der Waals surface area contributed by atoms with Crippen molar-refractivity contribution >= 4 is 28.9 Å². The minimum Gasteiger partial charge on any atom is -0.491 e. The zero-order chi connectivity index (χ0) is 21.3. The Hall–Kier alpha value is -2.92. The Morgan fingerprint density at radius 1 is 1.23 bits per heavy atom.